The molecule has 2 rings (SSSR count). The van der Waals surface area contributed by atoms with Crippen LogP contribution in [-0.4, -0.2) is 10.2 Å². The van der Waals surface area contributed by atoms with Crippen LogP contribution in [0.1, 0.15) is 0 Å². The highest BCUT2D eigenvalue weighted by Gasteiger charge is 2.10. The molecule has 0 fully saturated rings. The molecule has 2 N–H and O–H groups in total. The molecule has 0 heterocycles. The Bertz CT molecular complexity index is 466. The van der Waals surface area contributed by atoms with E-state index < -0.39 is 17.3 Å². The first kappa shape index (κ1) is 7.86. The quantitative estimate of drug-likeness (QED) is 0.650. The van der Waals surface area contributed by atoms with Crippen LogP contribution in [0.3, 0.4) is 0 Å². The molecule has 0 radical (unpaired) electrons. The Morgan fingerprint density at radius 3 is 2.54 bits per heavy atom. The monoisotopic (exact) mass is 178 g/mol. The summed E-state index contributed by atoms with van der Waals surface area (Å²) in [7, 11) is 0. The summed E-state index contributed by atoms with van der Waals surface area (Å²) >= 11 is 0. The molecule has 0 saturated heterocycles. The van der Waals surface area contributed by atoms with Crippen molar-refractivity contribution in [1.82, 2.24) is 0 Å². The van der Waals surface area contributed by atoms with Gasteiger partial charge in [-0.05, 0) is 11.5 Å². The van der Waals surface area contributed by atoms with Crippen LogP contribution in [0.2, 0.25) is 0 Å². The van der Waals surface area contributed by atoms with Gasteiger partial charge in [0, 0.05) is 5.39 Å². The average Bonchev–Trinajstić information content (AvgIpc) is 2.15. The molecular formula is C10H7FO2. The first-order chi connectivity index (χ1) is 6.20. The standard InChI is InChI=1S/C10H7FO2/c11-9-8(12)5-6-3-1-2-4-7(6)10(9)13/h1-5,12-13H. The Balaban J connectivity index is 2.94. The molecule has 2 aromatic carbocycles. The lowest BCUT2D eigenvalue weighted by molar-refractivity contribution is 0.394. The van der Waals surface area contributed by atoms with Gasteiger partial charge in [-0.3, -0.25) is 0 Å². The van der Waals surface area contributed by atoms with Gasteiger partial charge in [0.1, 0.15) is 0 Å². The summed E-state index contributed by atoms with van der Waals surface area (Å²) in [6, 6.07) is 8.00. The molecule has 0 aliphatic rings. The zero-order chi connectivity index (χ0) is 9.42. The second-order valence-electron chi connectivity index (χ2n) is 2.78. The molecule has 0 amide bonds. The zero-order valence-corrected chi connectivity index (χ0v) is 6.66. The van der Waals surface area contributed by atoms with Crippen molar-refractivity contribution in [2.24, 2.45) is 0 Å². The van der Waals surface area contributed by atoms with Gasteiger partial charge in [0.2, 0.25) is 5.82 Å². The van der Waals surface area contributed by atoms with Crippen LogP contribution in [0.15, 0.2) is 30.3 Å². The third-order valence-corrected chi connectivity index (χ3v) is 1.94. The fourth-order valence-corrected chi connectivity index (χ4v) is 1.29. The van der Waals surface area contributed by atoms with Crippen molar-refractivity contribution in [3.63, 3.8) is 0 Å². The lowest BCUT2D eigenvalue weighted by Crippen LogP contribution is -1.80. The molecule has 0 aromatic heterocycles. The Hall–Kier alpha value is -1.77. The third-order valence-electron chi connectivity index (χ3n) is 1.94. The van der Waals surface area contributed by atoms with Crippen LogP contribution in [0.25, 0.3) is 10.8 Å². The van der Waals surface area contributed by atoms with Crippen molar-refractivity contribution < 1.29 is 14.6 Å². The van der Waals surface area contributed by atoms with E-state index >= 15 is 0 Å². The minimum Gasteiger partial charge on any atom is -0.505 e. The second-order valence-corrected chi connectivity index (χ2v) is 2.78. The van der Waals surface area contributed by atoms with Gasteiger partial charge in [-0.15, -0.1) is 0 Å². The van der Waals surface area contributed by atoms with E-state index in [2.05, 4.69) is 0 Å². The Morgan fingerprint density at radius 2 is 1.77 bits per heavy atom. The first-order valence-corrected chi connectivity index (χ1v) is 3.79. The number of rotatable bonds is 0. The van der Waals surface area contributed by atoms with E-state index in [4.69, 9.17) is 5.11 Å². The molecule has 0 aliphatic heterocycles. The number of halogens is 1. The van der Waals surface area contributed by atoms with Gasteiger partial charge in [0.15, 0.2) is 11.5 Å². The lowest BCUT2D eigenvalue weighted by Gasteiger charge is -2.03. The number of benzene rings is 2. The maximum atomic E-state index is 13.0. The molecule has 66 valence electrons. The van der Waals surface area contributed by atoms with Crippen LogP contribution in [0.4, 0.5) is 4.39 Å². The summed E-state index contributed by atoms with van der Waals surface area (Å²) in [5.41, 5.74) is 0. The molecule has 2 nitrogen and oxygen atoms in total. The van der Waals surface area contributed by atoms with E-state index in [1.54, 1.807) is 24.3 Å². The highest BCUT2D eigenvalue weighted by Crippen LogP contribution is 2.33. The van der Waals surface area contributed by atoms with Crippen LogP contribution in [-0.2, 0) is 0 Å². The van der Waals surface area contributed by atoms with Crippen molar-refractivity contribution in [1.29, 1.82) is 0 Å². The van der Waals surface area contributed by atoms with Crippen molar-refractivity contribution in [3.05, 3.63) is 36.1 Å². The highest BCUT2D eigenvalue weighted by atomic mass is 19.1. The van der Waals surface area contributed by atoms with E-state index in [0.717, 1.165) is 0 Å². The van der Waals surface area contributed by atoms with Crippen molar-refractivity contribution >= 4 is 10.8 Å². The van der Waals surface area contributed by atoms with Crippen LogP contribution in [0, 0.1) is 5.82 Å². The number of fused-ring (bicyclic) bond motifs is 1. The maximum Gasteiger partial charge on any atom is 0.206 e. The number of phenols is 2. The molecule has 2 aromatic rings. The normalized spacial score (nSPS) is 10.5. The first-order valence-electron chi connectivity index (χ1n) is 3.79. The van der Waals surface area contributed by atoms with E-state index in [-0.39, 0.29) is 0 Å². The SMILES string of the molecule is Oc1cc2ccccc2c(O)c1F. The minimum atomic E-state index is -0.973. The molecule has 0 atom stereocenters. The molecular weight excluding hydrogens is 171 g/mol. The van der Waals surface area contributed by atoms with E-state index in [0.29, 0.717) is 10.8 Å². The molecule has 0 spiro atoms. The largest absolute Gasteiger partial charge is 0.505 e. The molecule has 0 unspecified atom stereocenters. The third kappa shape index (κ3) is 1.09. The van der Waals surface area contributed by atoms with Crippen molar-refractivity contribution in [2.45, 2.75) is 0 Å². The average molecular weight is 178 g/mol. The smallest absolute Gasteiger partial charge is 0.206 e. The van der Waals surface area contributed by atoms with Gasteiger partial charge in [0.25, 0.3) is 0 Å². The topological polar surface area (TPSA) is 40.5 Å². The van der Waals surface area contributed by atoms with Gasteiger partial charge >= 0.3 is 0 Å². The number of aromatic hydroxyl groups is 2. The Kier molecular flexibility index (Phi) is 1.59. The fourth-order valence-electron chi connectivity index (χ4n) is 1.29. The summed E-state index contributed by atoms with van der Waals surface area (Å²) in [6.45, 7) is 0. The summed E-state index contributed by atoms with van der Waals surface area (Å²) in [5, 5.41) is 19.4. The van der Waals surface area contributed by atoms with Gasteiger partial charge in [-0.2, -0.15) is 4.39 Å². The van der Waals surface area contributed by atoms with Crippen LogP contribution < -0.4 is 0 Å². The predicted octanol–water partition coefficient (Wildman–Crippen LogP) is 2.39. The molecule has 13 heavy (non-hydrogen) atoms. The molecule has 0 bridgehead atoms. The predicted molar refractivity (Wildman–Crippen MR) is 47.2 cm³/mol. The molecule has 3 heteroatoms. The highest BCUT2D eigenvalue weighted by molar-refractivity contribution is 5.89. The van der Waals surface area contributed by atoms with Crippen molar-refractivity contribution in [2.75, 3.05) is 0 Å². The number of phenolic OH excluding ortho intramolecular Hbond substituents is 2. The second kappa shape index (κ2) is 2.62. The van der Waals surface area contributed by atoms with Gasteiger partial charge in [-0.25, -0.2) is 0 Å². The van der Waals surface area contributed by atoms with Crippen LogP contribution in [0.5, 0.6) is 11.5 Å². The number of hydrogen-bond acceptors (Lipinski definition) is 2. The molecule has 0 aliphatic carbocycles. The molecule has 0 saturated carbocycles. The van der Waals surface area contributed by atoms with E-state index in [9.17, 15) is 9.50 Å². The van der Waals surface area contributed by atoms with Gasteiger partial charge in [-0.1, -0.05) is 24.3 Å². The summed E-state index contributed by atoms with van der Waals surface area (Å²) in [5.74, 6) is -2.01. The summed E-state index contributed by atoms with van der Waals surface area (Å²) in [6.07, 6.45) is 0. The van der Waals surface area contributed by atoms with Crippen LogP contribution >= 0.6 is 0 Å². The number of hydrogen-bond donors (Lipinski definition) is 2. The van der Waals surface area contributed by atoms with E-state index in [1.165, 1.54) is 6.07 Å². The van der Waals surface area contributed by atoms with Gasteiger partial charge in [0.05, 0.1) is 0 Å². The summed E-state index contributed by atoms with van der Waals surface area (Å²) in [4.78, 5) is 0. The Labute approximate surface area is 73.9 Å². The lowest BCUT2D eigenvalue weighted by atomic mass is 10.1. The Morgan fingerprint density at radius 1 is 1.08 bits per heavy atom. The van der Waals surface area contributed by atoms with Crippen molar-refractivity contribution in [3.8, 4) is 11.5 Å². The maximum absolute atomic E-state index is 13.0. The van der Waals surface area contributed by atoms with E-state index in [1.807, 2.05) is 0 Å². The fraction of sp³-hybridized carbons (Fsp3) is 0. The van der Waals surface area contributed by atoms with Gasteiger partial charge < -0.3 is 10.2 Å². The minimum absolute atomic E-state index is 0.401. The zero-order valence-electron chi connectivity index (χ0n) is 6.66. The summed E-state index contributed by atoms with van der Waals surface area (Å²) < 4.78 is 13.0.